The molecule has 0 saturated carbocycles. The Kier molecular flexibility index (Phi) is 9.30. The highest BCUT2D eigenvalue weighted by molar-refractivity contribution is 5.95. The quantitative estimate of drug-likeness (QED) is 0.294. The second kappa shape index (κ2) is 12.4. The van der Waals surface area contributed by atoms with Gasteiger partial charge >= 0.3 is 6.03 Å². The van der Waals surface area contributed by atoms with Crippen LogP contribution in [0.15, 0.2) is 67.0 Å². The van der Waals surface area contributed by atoms with Gasteiger partial charge in [0, 0.05) is 18.0 Å². The van der Waals surface area contributed by atoms with E-state index >= 15 is 0 Å². The van der Waals surface area contributed by atoms with Crippen LogP contribution in [0.2, 0.25) is 0 Å². The van der Waals surface area contributed by atoms with E-state index in [0.29, 0.717) is 6.61 Å². The Morgan fingerprint density at radius 2 is 1.80 bits per heavy atom. The summed E-state index contributed by atoms with van der Waals surface area (Å²) in [5, 5.41) is 6.26. The summed E-state index contributed by atoms with van der Waals surface area (Å²) in [4.78, 5) is 17.4. The van der Waals surface area contributed by atoms with E-state index in [4.69, 9.17) is 4.74 Å². The lowest BCUT2D eigenvalue weighted by Gasteiger charge is -2.31. The molecule has 0 radical (unpaired) electrons. The number of unbranched alkanes of at least 4 members (excludes halogenated alkanes) is 3. The van der Waals surface area contributed by atoms with E-state index in [1.54, 1.807) is 6.20 Å². The van der Waals surface area contributed by atoms with Gasteiger partial charge in [0.05, 0.1) is 18.3 Å². The van der Waals surface area contributed by atoms with Gasteiger partial charge in [0.2, 0.25) is 0 Å². The second-order valence-electron chi connectivity index (χ2n) is 10.1. The first-order valence-electron chi connectivity index (χ1n) is 12.6. The number of pyridine rings is 1. The van der Waals surface area contributed by atoms with Gasteiger partial charge in [-0.05, 0) is 59.7 Å². The Balaban J connectivity index is 1.83. The number of nitrogens with zero attached hydrogens (tertiary/aromatic N) is 1. The van der Waals surface area contributed by atoms with Crippen molar-refractivity contribution in [3.63, 3.8) is 0 Å². The van der Waals surface area contributed by atoms with Gasteiger partial charge in [-0.3, -0.25) is 4.98 Å². The average Bonchev–Trinajstić information content (AvgIpc) is 2.83. The van der Waals surface area contributed by atoms with Crippen molar-refractivity contribution in [2.24, 2.45) is 5.41 Å². The zero-order valence-corrected chi connectivity index (χ0v) is 21.7. The predicted octanol–water partition coefficient (Wildman–Crippen LogP) is 7.93. The van der Waals surface area contributed by atoms with Crippen LogP contribution in [0.25, 0.3) is 11.1 Å². The van der Waals surface area contributed by atoms with Crippen molar-refractivity contribution in [2.75, 3.05) is 11.9 Å². The van der Waals surface area contributed by atoms with E-state index in [1.807, 2.05) is 48.7 Å². The standard InChI is InChI=1S/C30H39N3O2/c1-6-7-8-11-19-35-24-16-17-27(26(20-24)25-15-10-9-13-22(25)2)32-29(34)33-28(30(3,4)5)23-14-12-18-31-21-23/h9-10,12-18,20-21,28H,6-8,11,19H2,1-5H3,(H2,32,33,34). The van der Waals surface area contributed by atoms with Crippen molar-refractivity contribution in [1.82, 2.24) is 10.3 Å². The Bertz CT molecular complexity index is 1090. The maximum absolute atomic E-state index is 13.2. The van der Waals surface area contributed by atoms with Gasteiger partial charge in [0.15, 0.2) is 0 Å². The molecule has 1 unspecified atom stereocenters. The van der Waals surface area contributed by atoms with Crippen molar-refractivity contribution < 1.29 is 9.53 Å². The molecule has 0 saturated heterocycles. The summed E-state index contributed by atoms with van der Waals surface area (Å²) in [7, 11) is 0. The minimum Gasteiger partial charge on any atom is -0.494 e. The summed E-state index contributed by atoms with van der Waals surface area (Å²) in [5.41, 5.74) is 4.68. The number of hydrogen-bond donors (Lipinski definition) is 2. The molecular weight excluding hydrogens is 434 g/mol. The number of nitrogens with one attached hydrogen (secondary N) is 2. The topological polar surface area (TPSA) is 63.2 Å². The SMILES string of the molecule is CCCCCCOc1ccc(NC(=O)NC(c2cccnc2)C(C)(C)C)c(-c2ccccc2C)c1. The van der Waals surface area contributed by atoms with Crippen LogP contribution in [0.4, 0.5) is 10.5 Å². The number of urea groups is 1. The van der Waals surface area contributed by atoms with Crippen LogP contribution in [-0.4, -0.2) is 17.6 Å². The molecule has 35 heavy (non-hydrogen) atoms. The zero-order chi connectivity index (χ0) is 25.3. The molecule has 186 valence electrons. The lowest BCUT2D eigenvalue weighted by Crippen LogP contribution is -2.39. The third kappa shape index (κ3) is 7.57. The van der Waals surface area contributed by atoms with E-state index in [-0.39, 0.29) is 17.5 Å². The summed E-state index contributed by atoms with van der Waals surface area (Å²) in [6.45, 7) is 11.3. The Morgan fingerprint density at radius 3 is 2.49 bits per heavy atom. The van der Waals surface area contributed by atoms with E-state index < -0.39 is 0 Å². The number of ether oxygens (including phenoxy) is 1. The van der Waals surface area contributed by atoms with Crippen molar-refractivity contribution >= 4 is 11.7 Å². The Morgan fingerprint density at radius 1 is 1.00 bits per heavy atom. The molecular formula is C30H39N3O2. The fraction of sp³-hybridized carbons (Fsp3) is 0.400. The van der Waals surface area contributed by atoms with Crippen molar-refractivity contribution in [3.05, 3.63) is 78.1 Å². The molecule has 0 aliphatic rings. The van der Waals surface area contributed by atoms with Crippen LogP contribution in [0, 0.1) is 12.3 Å². The second-order valence-corrected chi connectivity index (χ2v) is 10.1. The molecule has 0 spiro atoms. The highest BCUT2D eigenvalue weighted by atomic mass is 16.5. The molecule has 1 aromatic heterocycles. The summed E-state index contributed by atoms with van der Waals surface area (Å²) >= 11 is 0. The van der Waals surface area contributed by atoms with Crippen LogP contribution in [-0.2, 0) is 0 Å². The number of carbonyl (C=O) groups excluding carboxylic acids is 1. The van der Waals surface area contributed by atoms with Crippen LogP contribution in [0.5, 0.6) is 5.75 Å². The lowest BCUT2D eigenvalue weighted by atomic mass is 9.83. The van der Waals surface area contributed by atoms with Crippen LogP contribution >= 0.6 is 0 Å². The molecule has 5 nitrogen and oxygen atoms in total. The van der Waals surface area contributed by atoms with Crippen molar-refractivity contribution in [2.45, 2.75) is 66.3 Å². The van der Waals surface area contributed by atoms with E-state index in [1.165, 1.54) is 19.3 Å². The van der Waals surface area contributed by atoms with Crippen LogP contribution in [0.1, 0.15) is 70.5 Å². The number of rotatable bonds is 10. The Labute approximate surface area is 210 Å². The first-order chi connectivity index (χ1) is 16.8. The number of hydrogen-bond acceptors (Lipinski definition) is 3. The lowest BCUT2D eigenvalue weighted by molar-refractivity contribution is 0.229. The number of benzene rings is 2. The number of anilines is 1. The van der Waals surface area contributed by atoms with Gasteiger partial charge < -0.3 is 15.4 Å². The minimum absolute atomic E-state index is 0.186. The molecule has 5 heteroatoms. The van der Waals surface area contributed by atoms with Crippen molar-refractivity contribution in [3.8, 4) is 16.9 Å². The fourth-order valence-corrected chi connectivity index (χ4v) is 4.18. The predicted molar refractivity (Wildman–Crippen MR) is 145 cm³/mol. The summed E-state index contributed by atoms with van der Waals surface area (Å²) in [6, 6.07) is 17.5. The van der Waals surface area contributed by atoms with E-state index in [0.717, 1.165) is 40.1 Å². The minimum atomic E-state index is -0.253. The van der Waals surface area contributed by atoms with Gasteiger partial charge in [-0.25, -0.2) is 4.79 Å². The number of carbonyl (C=O) groups is 1. The maximum Gasteiger partial charge on any atom is 0.319 e. The molecule has 1 atom stereocenters. The monoisotopic (exact) mass is 473 g/mol. The van der Waals surface area contributed by atoms with Crippen LogP contribution in [0.3, 0.4) is 0 Å². The zero-order valence-electron chi connectivity index (χ0n) is 21.7. The van der Waals surface area contributed by atoms with Gasteiger partial charge in [-0.2, -0.15) is 0 Å². The fourth-order valence-electron chi connectivity index (χ4n) is 4.18. The third-order valence-electron chi connectivity index (χ3n) is 6.10. The molecule has 2 amide bonds. The molecule has 0 fully saturated rings. The molecule has 1 heterocycles. The highest BCUT2D eigenvalue weighted by Gasteiger charge is 2.28. The summed E-state index contributed by atoms with van der Waals surface area (Å²) in [5.74, 6) is 0.814. The first kappa shape index (κ1) is 26.3. The van der Waals surface area contributed by atoms with Crippen molar-refractivity contribution in [1.29, 1.82) is 0 Å². The number of aryl methyl sites for hydroxylation is 1. The normalized spacial score (nSPS) is 12.1. The third-order valence-corrected chi connectivity index (χ3v) is 6.10. The van der Waals surface area contributed by atoms with Crippen LogP contribution < -0.4 is 15.4 Å². The first-order valence-corrected chi connectivity index (χ1v) is 12.6. The maximum atomic E-state index is 13.2. The summed E-state index contributed by atoms with van der Waals surface area (Å²) in [6.07, 6.45) is 8.19. The largest absolute Gasteiger partial charge is 0.494 e. The van der Waals surface area contributed by atoms with Gasteiger partial charge in [0.25, 0.3) is 0 Å². The molecule has 3 aromatic rings. The number of aromatic nitrogens is 1. The van der Waals surface area contributed by atoms with Gasteiger partial charge in [0.1, 0.15) is 5.75 Å². The average molecular weight is 474 g/mol. The smallest absolute Gasteiger partial charge is 0.319 e. The molecule has 0 aliphatic carbocycles. The molecule has 0 bridgehead atoms. The Hall–Kier alpha value is -3.34. The molecule has 2 N–H and O–H groups in total. The van der Waals surface area contributed by atoms with E-state index in [9.17, 15) is 4.79 Å². The van der Waals surface area contributed by atoms with Gasteiger partial charge in [-0.1, -0.05) is 77.3 Å². The van der Waals surface area contributed by atoms with Gasteiger partial charge in [-0.15, -0.1) is 0 Å². The molecule has 3 rings (SSSR count). The summed E-state index contributed by atoms with van der Waals surface area (Å²) < 4.78 is 6.05. The molecule has 2 aromatic carbocycles. The highest BCUT2D eigenvalue weighted by Crippen LogP contribution is 2.35. The molecule has 0 aliphatic heterocycles. The number of amides is 2. The van der Waals surface area contributed by atoms with E-state index in [2.05, 4.69) is 62.4 Å².